The number of aryl methyl sites for hydroxylation is 4. The first kappa shape index (κ1) is 20.8. The van der Waals surface area contributed by atoms with Gasteiger partial charge in [0, 0.05) is 0 Å². The molecule has 0 aliphatic carbocycles. The summed E-state index contributed by atoms with van der Waals surface area (Å²) in [7, 11) is 0. The van der Waals surface area contributed by atoms with E-state index in [-0.39, 0.29) is 12.2 Å². The van der Waals surface area contributed by atoms with E-state index in [9.17, 15) is 0 Å². The number of benzene rings is 1. The monoisotopic (exact) mass is 358 g/mol. The molecule has 0 bridgehead atoms. The lowest BCUT2D eigenvalue weighted by Gasteiger charge is -2.21. The van der Waals surface area contributed by atoms with Crippen molar-refractivity contribution in [3.05, 3.63) is 33.6 Å². The number of ether oxygens (including phenoxy) is 2. The molecule has 2 aromatic rings. The summed E-state index contributed by atoms with van der Waals surface area (Å²) >= 11 is 0. The maximum absolute atomic E-state index is 6.09. The number of aromatic nitrogens is 2. The lowest BCUT2D eigenvalue weighted by molar-refractivity contribution is 0.0393. The van der Waals surface area contributed by atoms with Crippen molar-refractivity contribution in [1.82, 2.24) is 9.97 Å². The van der Waals surface area contributed by atoms with E-state index in [2.05, 4.69) is 41.5 Å². The Hall–Kier alpha value is -1.52. The quantitative estimate of drug-likeness (QED) is 0.625. The Morgan fingerprint density at radius 1 is 0.692 bits per heavy atom. The predicted octanol–water partition coefficient (Wildman–Crippen LogP) is 5.49. The molecule has 2 rings (SSSR count). The maximum Gasteiger partial charge on any atom is 0.0925 e. The highest BCUT2D eigenvalue weighted by atomic mass is 16.5. The minimum atomic E-state index is 0.236. The molecule has 0 spiro atoms. The van der Waals surface area contributed by atoms with Gasteiger partial charge >= 0.3 is 0 Å². The Balaban J connectivity index is 2.58. The standard InChI is InChI=1S/C22H34N2O2/c1-9-13(3)25-11-19-15(5)21-22(24-18(8)17(7)23-21)16(6)20(19)12-26-14(4)10-2/h13-14H,9-12H2,1-8H3/t13-,14-/m0/s1. The highest BCUT2D eigenvalue weighted by Gasteiger charge is 2.19. The van der Waals surface area contributed by atoms with E-state index in [4.69, 9.17) is 19.4 Å². The molecule has 0 aliphatic rings. The fraction of sp³-hybridized carbons (Fsp3) is 0.636. The van der Waals surface area contributed by atoms with Crippen LogP contribution in [0, 0.1) is 27.7 Å². The van der Waals surface area contributed by atoms with Gasteiger partial charge in [-0.2, -0.15) is 0 Å². The van der Waals surface area contributed by atoms with E-state index in [0.29, 0.717) is 13.2 Å². The third-order valence-corrected chi connectivity index (χ3v) is 5.46. The van der Waals surface area contributed by atoms with Crippen LogP contribution in [0.4, 0.5) is 0 Å². The Morgan fingerprint density at radius 3 is 1.35 bits per heavy atom. The Bertz CT molecular complexity index is 706. The molecule has 1 heterocycles. The van der Waals surface area contributed by atoms with Crippen LogP contribution in [-0.4, -0.2) is 22.2 Å². The van der Waals surface area contributed by atoms with Gasteiger partial charge in [0.05, 0.1) is 47.8 Å². The lowest BCUT2D eigenvalue weighted by atomic mass is 9.95. The zero-order chi connectivity index (χ0) is 19.4. The van der Waals surface area contributed by atoms with Gasteiger partial charge in [0.25, 0.3) is 0 Å². The first-order valence-electron chi connectivity index (χ1n) is 9.79. The normalized spacial score (nSPS) is 14.0. The first-order chi connectivity index (χ1) is 12.3. The summed E-state index contributed by atoms with van der Waals surface area (Å²) in [5.74, 6) is 0. The van der Waals surface area contributed by atoms with Crippen molar-refractivity contribution >= 4 is 11.0 Å². The fourth-order valence-corrected chi connectivity index (χ4v) is 2.94. The van der Waals surface area contributed by atoms with E-state index in [1.807, 2.05) is 13.8 Å². The molecule has 26 heavy (non-hydrogen) atoms. The van der Waals surface area contributed by atoms with Crippen LogP contribution in [0.25, 0.3) is 11.0 Å². The molecule has 0 radical (unpaired) electrons. The second-order valence-electron chi connectivity index (χ2n) is 7.36. The van der Waals surface area contributed by atoms with Crippen molar-refractivity contribution < 1.29 is 9.47 Å². The Morgan fingerprint density at radius 2 is 1.04 bits per heavy atom. The van der Waals surface area contributed by atoms with E-state index in [1.54, 1.807) is 0 Å². The van der Waals surface area contributed by atoms with Gasteiger partial charge in [-0.15, -0.1) is 0 Å². The molecule has 0 amide bonds. The molecular weight excluding hydrogens is 324 g/mol. The predicted molar refractivity (Wildman–Crippen MR) is 108 cm³/mol. The summed E-state index contributed by atoms with van der Waals surface area (Å²) in [6, 6.07) is 0. The van der Waals surface area contributed by atoms with Crippen molar-refractivity contribution in [3.8, 4) is 0 Å². The minimum absolute atomic E-state index is 0.236. The Kier molecular flexibility index (Phi) is 7.13. The number of hydrogen-bond acceptors (Lipinski definition) is 4. The lowest BCUT2D eigenvalue weighted by Crippen LogP contribution is -2.14. The van der Waals surface area contributed by atoms with Crippen molar-refractivity contribution in [2.75, 3.05) is 0 Å². The van der Waals surface area contributed by atoms with Crippen LogP contribution >= 0.6 is 0 Å². The third kappa shape index (κ3) is 4.41. The SMILES string of the molecule is CC[C@H](C)OCc1c(CO[C@@H](C)CC)c(C)c2nc(C)c(C)nc2c1C. The zero-order valence-corrected chi connectivity index (χ0v) is 17.7. The van der Waals surface area contributed by atoms with Crippen LogP contribution in [0.5, 0.6) is 0 Å². The van der Waals surface area contributed by atoms with E-state index in [1.165, 1.54) is 11.1 Å². The van der Waals surface area contributed by atoms with Crippen molar-refractivity contribution in [3.63, 3.8) is 0 Å². The van der Waals surface area contributed by atoms with Gasteiger partial charge < -0.3 is 9.47 Å². The summed E-state index contributed by atoms with van der Waals surface area (Å²) in [6.07, 6.45) is 2.48. The van der Waals surface area contributed by atoms with Crippen LogP contribution in [0.2, 0.25) is 0 Å². The molecular formula is C22H34N2O2. The van der Waals surface area contributed by atoms with Crippen LogP contribution in [-0.2, 0) is 22.7 Å². The maximum atomic E-state index is 6.09. The largest absolute Gasteiger partial charge is 0.374 e. The van der Waals surface area contributed by atoms with Gasteiger partial charge in [0.2, 0.25) is 0 Å². The summed E-state index contributed by atoms with van der Waals surface area (Å²) in [5.41, 5.74) is 8.67. The molecule has 1 aromatic carbocycles. The van der Waals surface area contributed by atoms with Gasteiger partial charge in [-0.3, -0.25) is 0 Å². The van der Waals surface area contributed by atoms with Crippen LogP contribution < -0.4 is 0 Å². The Labute approximate surface area is 158 Å². The molecule has 0 N–H and O–H groups in total. The molecule has 0 fully saturated rings. The van der Waals surface area contributed by atoms with Gasteiger partial charge in [0.1, 0.15) is 0 Å². The highest BCUT2D eigenvalue weighted by Crippen LogP contribution is 2.30. The fourth-order valence-electron chi connectivity index (χ4n) is 2.94. The number of hydrogen-bond donors (Lipinski definition) is 0. The summed E-state index contributed by atoms with van der Waals surface area (Å²) < 4.78 is 12.2. The van der Waals surface area contributed by atoms with Gasteiger partial charge in [-0.05, 0) is 76.6 Å². The molecule has 0 saturated carbocycles. The summed E-state index contributed by atoms with van der Waals surface area (Å²) in [4.78, 5) is 9.67. The van der Waals surface area contributed by atoms with Crippen LogP contribution in [0.1, 0.15) is 74.2 Å². The highest BCUT2D eigenvalue weighted by molar-refractivity contribution is 5.84. The number of fused-ring (bicyclic) bond motifs is 1. The second kappa shape index (κ2) is 8.92. The molecule has 4 heteroatoms. The molecule has 0 unspecified atom stereocenters. The molecule has 0 saturated heterocycles. The van der Waals surface area contributed by atoms with E-state index >= 15 is 0 Å². The summed E-state index contributed by atoms with van der Waals surface area (Å²) in [6.45, 7) is 18.0. The third-order valence-electron chi connectivity index (χ3n) is 5.46. The van der Waals surface area contributed by atoms with E-state index in [0.717, 1.165) is 46.4 Å². The topological polar surface area (TPSA) is 44.2 Å². The molecule has 1 aromatic heterocycles. The van der Waals surface area contributed by atoms with Gasteiger partial charge in [-0.1, -0.05) is 13.8 Å². The van der Waals surface area contributed by atoms with Gasteiger partial charge in [0.15, 0.2) is 0 Å². The first-order valence-corrected chi connectivity index (χ1v) is 9.79. The molecule has 4 nitrogen and oxygen atoms in total. The van der Waals surface area contributed by atoms with Crippen molar-refractivity contribution in [2.24, 2.45) is 0 Å². The second-order valence-corrected chi connectivity index (χ2v) is 7.36. The van der Waals surface area contributed by atoms with Crippen LogP contribution in [0.15, 0.2) is 0 Å². The number of nitrogens with zero attached hydrogens (tertiary/aromatic N) is 2. The smallest absolute Gasteiger partial charge is 0.0925 e. The van der Waals surface area contributed by atoms with Crippen molar-refractivity contribution in [1.29, 1.82) is 0 Å². The molecule has 0 aliphatic heterocycles. The van der Waals surface area contributed by atoms with E-state index < -0.39 is 0 Å². The van der Waals surface area contributed by atoms with Gasteiger partial charge in [-0.25, -0.2) is 9.97 Å². The average Bonchev–Trinajstić information content (AvgIpc) is 2.63. The molecule has 144 valence electrons. The number of rotatable bonds is 8. The summed E-state index contributed by atoms with van der Waals surface area (Å²) in [5, 5.41) is 0. The molecule has 2 atom stereocenters. The minimum Gasteiger partial charge on any atom is -0.374 e. The van der Waals surface area contributed by atoms with Crippen LogP contribution in [0.3, 0.4) is 0 Å². The van der Waals surface area contributed by atoms with Crippen molar-refractivity contribution in [2.45, 2.75) is 93.7 Å². The zero-order valence-electron chi connectivity index (χ0n) is 17.7. The average molecular weight is 359 g/mol.